The summed E-state index contributed by atoms with van der Waals surface area (Å²) in [6.45, 7) is 9.11. The number of aliphatic hydroxyl groups excluding tert-OH is 1. The fraction of sp³-hybridized carbons (Fsp3) is 0.500. The van der Waals surface area contributed by atoms with Crippen molar-refractivity contribution in [1.29, 1.82) is 0 Å². The third-order valence-corrected chi connectivity index (χ3v) is 8.31. The SMILES string of the molecule is COc1cc2c(c(OC)c1)C(C)C=C1N(C2)C(=O)N(CC(O)O)C12CCN(Cc1cc(C)cc(C)c1)CC2. The van der Waals surface area contributed by atoms with Crippen LogP contribution in [0.3, 0.4) is 0 Å². The Morgan fingerprint density at radius 3 is 2.32 bits per heavy atom. The molecule has 1 unspecified atom stereocenters. The number of hydrogen-bond donors (Lipinski definition) is 2. The topological polar surface area (TPSA) is 85.7 Å². The minimum absolute atomic E-state index is 0.00262. The van der Waals surface area contributed by atoms with Crippen molar-refractivity contribution < 1.29 is 24.5 Å². The lowest BCUT2D eigenvalue weighted by Gasteiger charge is -2.45. The van der Waals surface area contributed by atoms with Gasteiger partial charge in [-0.1, -0.05) is 42.3 Å². The van der Waals surface area contributed by atoms with E-state index in [1.807, 2.05) is 17.0 Å². The van der Waals surface area contributed by atoms with E-state index in [0.29, 0.717) is 12.3 Å². The van der Waals surface area contributed by atoms with Crippen LogP contribution < -0.4 is 9.47 Å². The van der Waals surface area contributed by atoms with Crippen molar-refractivity contribution in [3.63, 3.8) is 0 Å². The number of β-amino-alcohol motifs (C(OH)–C–C–N with tert-alkyl or cyclic N) is 2. The van der Waals surface area contributed by atoms with E-state index in [0.717, 1.165) is 55.0 Å². The molecule has 0 bridgehead atoms. The second-order valence-electron chi connectivity index (χ2n) is 11.0. The van der Waals surface area contributed by atoms with Gasteiger partial charge in [-0.25, -0.2) is 4.79 Å². The number of urea groups is 1. The number of piperidine rings is 1. The number of hydrogen-bond acceptors (Lipinski definition) is 6. The van der Waals surface area contributed by atoms with E-state index in [1.165, 1.54) is 16.7 Å². The molecule has 1 atom stereocenters. The lowest BCUT2D eigenvalue weighted by molar-refractivity contribution is -0.0682. The Hall–Kier alpha value is -3.07. The number of methoxy groups -OCH3 is 2. The van der Waals surface area contributed by atoms with Gasteiger partial charge in [-0.15, -0.1) is 0 Å². The van der Waals surface area contributed by atoms with Gasteiger partial charge in [-0.05, 0) is 43.9 Å². The molecule has 3 aliphatic heterocycles. The van der Waals surface area contributed by atoms with Crippen LogP contribution in [0.2, 0.25) is 0 Å². The summed E-state index contributed by atoms with van der Waals surface area (Å²) in [5.74, 6) is 1.43. The predicted octanol–water partition coefficient (Wildman–Crippen LogP) is 3.90. The summed E-state index contributed by atoms with van der Waals surface area (Å²) in [6, 6.07) is 10.3. The molecule has 0 radical (unpaired) electrons. The Morgan fingerprint density at radius 2 is 1.71 bits per heavy atom. The standard InChI is InChI=1S/C30H39N3O5/c1-19-10-20(2)12-22(11-19)16-31-8-6-30(7-9-31)26-13-21(3)28-23(14-24(37-4)15-25(28)38-5)17-32(26)29(36)33(30)18-27(34)35/h10-15,21,27,34-35H,6-9,16-18H2,1-5H3. The van der Waals surface area contributed by atoms with Crippen LogP contribution in [-0.2, 0) is 13.1 Å². The highest BCUT2D eigenvalue weighted by Gasteiger charge is 2.55. The minimum atomic E-state index is -1.60. The van der Waals surface area contributed by atoms with Gasteiger partial charge in [0.05, 0.1) is 32.8 Å². The van der Waals surface area contributed by atoms with E-state index in [2.05, 4.69) is 49.9 Å². The fourth-order valence-corrected chi connectivity index (χ4v) is 6.74. The Balaban J connectivity index is 1.48. The molecule has 8 heteroatoms. The Morgan fingerprint density at radius 1 is 1.03 bits per heavy atom. The molecule has 0 saturated carbocycles. The molecule has 2 fully saturated rings. The molecule has 2 aromatic carbocycles. The molecule has 38 heavy (non-hydrogen) atoms. The first kappa shape index (κ1) is 26.5. The van der Waals surface area contributed by atoms with Crippen molar-refractivity contribution in [3.05, 3.63) is 69.9 Å². The number of aryl methyl sites for hydroxylation is 2. The van der Waals surface area contributed by atoms with Gasteiger partial charge in [0.25, 0.3) is 0 Å². The highest BCUT2D eigenvalue weighted by atomic mass is 16.5. The monoisotopic (exact) mass is 521 g/mol. The van der Waals surface area contributed by atoms with Gasteiger partial charge in [-0.3, -0.25) is 9.80 Å². The Labute approximate surface area is 225 Å². The van der Waals surface area contributed by atoms with Crippen LogP contribution in [0.15, 0.2) is 42.1 Å². The highest BCUT2D eigenvalue weighted by Crippen LogP contribution is 2.49. The van der Waals surface area contributed by atoms with Crippen molar-refractivity contribution in [3.8, 4) is 11.5 Å². The van der Waals surface area contributed by atoms with E-state index >= 15 is 0 Å². The largest absolute Gasteiger partial charge is 0.497 e. The predicted molar refractivity (Wildman–Crippen MR) is 145 cm³/mol. The van der Waals surface area contributed by atoms with Gasteiger partial charge in [0.1, 0.15) is 11.5 Å². The molecular formula is C30H39N3O5. The van der Waals surface area contributed by atoms with Gasteiger partial charge in [0, 0.05) is 42.9 Å². The third-order valence-electron chi connectivity index (χ3n) is 8.31. The normalized spacial score (nSPS) is 20.9. The summed E-state index contributed by atoms with van der Waals surface area (Å²) in [7, 11) is 3.28. The molecule has 0 aliphatic carbocycles. The number of ether oxygens (including phenoxy) is 2. The molecule has 8 nitrogen and oxygen atoms in total. The summed E-state index contributed by atoms with van der Waals surface area (Å²) < 4.78 is 11.2. The van der Waals surface area contributed by atoms with Crippen molar-refractivity contribution in [2.24, 2.45) is 0 Å². The number of nitrogens with zero attached hydrogens (tertiary/aromatic N) is 3. The zero-order chi connectivity index (χ0) is 27.2. The summed E-state index contributed by atoms with van der Waals surface area (Å²) in [5.41, 5.74) is 6.22. The smallest absolute Gasteiger partial charge is 0.325 e. The van der Waals surface area contributed by atoms with Crippen molar-refractivity contribution in [2.45, 2.75) is 64.4 Å². The van der Waals surface area contributed by atoms with Crippen LogP contribution in [0, 0.1) is 13.8 Å². The maximum Gasteiger partial charge on any atom is 0.325 e. The van der Waals surface area contributed by atoms with Gasteiger partial charge in [-0.2, -0.15) is 0 Å². The first-order valence-corrected chi connectivity index (χ1v) is 13.4. The summed E-state index contributed by atoms with van der Waals surface area (Å²) >= 11 is 0. The van der Waals surface area contributed by atoms with Gasteiger partial charge in [0.15, 0.2) is 6.29 Å². The zero-order valence-corrected chi connectivity index (χ0v) is 23.0. The fourth-order valence-electron chi connectivity index (χ4n) is 6.74. The lowest BCUT2D eigenvalue weighted by atomic mass is 9.82. The molecule has 3 heterocycles. The molecule has 204 valence electrons. The highest BCUT2D eigenvalue weighted by molar-refractivity contribution is 5.83. The molecular weight excluding hydrogens is 482 g/mol. The molecule has 3 aliphatic rings. The number of rotatable bonds is 6. The number of carbonyl (C=O) groups excluding carboxylic acids is 1. The van der Waals surface area contributed by atoms with E-state index in [1.54, 1.807) is 19.1 Å². The number of benzene rings is 2. The molecule has 0 aromatic heterocycles. The van der Waals surface area contributed by atoms with Crippen molar-refractivity contribution >= 4 is 6.03 Å². The van der Waals surface area contributed by atoms with Crippen molar-refractivity contribution in [2.75, 3.05) is 33.9 Å². The van der Waals surface area contributed by atoms with Gasteiger partial charge >= 0.3 is 6.03 Å². The zero-order valence-electron chi connectivity index (χ0n) is 23.0. The van der Waals surface area contributed by atoms with Crippen LogP contribution in [0.4, 0.5) is 4.79 Å². The Bertz CT molecular complexity index is 1230. The molecule has 1 spiro atoms. The second-order valence-corrected chi connectivity index (χ2v) is 11.0. The average molecular weight is 522 g/mol. The van der Waals surface area contributed by atoms with E-state index in [9.17, 15) is 15.0 Å². The van der Waals surface area contributed by atoms with Crippen LogP contribution in [0.5, 0.6) is 11.5 Å². The average Bonchev–Trinajstić information content (AvgIpc) is 2.97. The lowest BCUT2D eigenvalue weighted by Crippen LogP contribution is -2.55. The van der Waals surface area contributed by atoms with Gasteiger partial charge in [0.2, 0.25) is 0 Å². The van der Waals surface area contributed by atoms with E-state index in [-0.39, 0.29) is 18.5 Å². The molecule has 2 aromatic rings. The first-order chi connectivity index (χ1) is 18.1. The maximum atomic E-state index is 13.9. The third kappa shape index (κ3) is 4.65. The minimum Gasteiger partial charge on any atom is -0.497 e. The number of carbonyl (C=O) groups is 1. The van der Waals surface area contributed by atoms with Crippen LogP contribution >= 0.6 is 0 Å². The quantitative estimate of drug-likeness (QED) is 0.561. The number of allylic oxidation sites excluding steroid dienone is 1. The Kier molecular flexibility index (Phi) is 7.15. The number of amides is 2. The van der Waals surface area contributed by atoms with E-state index in [4.69, 9.17) is 9.47 Å². The summed E-state index contributed by atoms with van der Waals surface area (Å²) in [5, 5.41) is 19.9. The number of likely N-dealkylation sites (tertiary alicyclic amines) is 1. The molecule has 5 rings (SSSR count). The first-order valence-electron chi connectivity index (χ1n) is 13.4. The number of aliphatic hydroxyl groups is 2. The number of fused-ring (bicyclic) bond motifs is 3. The van der Waals surface area contributed by atoms with Crippen molar-refractivity contribution in [1.82, 2.24) is 14.7 Å². The van der Waals surface area contributed by atoms with Crippen LogP contribution in [0.1, 0.15) is 53.5 Å². The maximum absolute atomic E-state index is 13.9. The summed E-state index contributed by atoms with van der Waals surface area (Å²) in [4.78, 5) is 19.8. The van der Waals surface area contributed by atoms with Gasteiger partial charge < -0.3 is 24.6 Å². The molecule has 2 N–H and O–H groups in total. The second kappa shape index (κ2) is 10.2. The van der Waals surface area contributed by atoms with Crippen LogP contribution in [0.25, 0.3) is 0 Å². The van der Waals surface area contributed by atoms with Crippen LogP contribution in [-0.4, -0.2) is 76.6 Å². The van der Waals surface area contributed by atoms with E-state index < -0.39 is 11.8 Å². The summed E-state index contributed by atoms with van der Waals surface area (Å²) in [6.07, 6.45) is 2.03. The molecule has 2 saturated heterocycles. The molecule has 2 amide bonds.